The summed E-state index contributed by atoms with van der Waals surface area (Å²) in [5.74, 6) is 0.937. The number of hydrogen-bond donors (Lipinski definition) is 1. The summed E-state index contributed by atoms with van der Waals surface area (Å²) in [7, 11) is 0. The molecule has 6 nitrogen and oxygen atoms in total. The Morgan fingerprint density at radius 1 is 1.00 bits per heavy atom. The molecule has 1 amide bonds. The van der Waals surface area contributed by atoms with Crippen LogP contribution in [0.3, 0.4) is 0 Å². The number of quaternary nitrogens is 1. The SMILES string of the molecule is C[C@@H]([NH2+]CC(=O)N1CCN(c2ncccn2)CC1)c1cccc2ccccc12. The maximum atomic E-state index is 12.7. The fraction of sp³-hybridized carbons (Fsp3) is 0.318. The summed E-state index contributed by atoms with van der Waals surface area (Å²) in [5.41, 5.74) is 1.27. The van der Waals surface area contributed by atoms with Crippen molar-refractivity contribution in [1.82, 2.24) is 14.9 Å². The summed E-state index contributed by atoms with van der Waals surface area (Å²) >= 11 is 0. The van der Waals surface area contributed by atoms with Crippen molar-refractivity contribution in [3.05, 3.63) is 66.5 Å². The molecule has 2 heterocycles. The number of anilines is 1. The minimum Gasteiger partial charge on any atom is -0.337 e. The summed E-state index contributed by atoms with van der Waals surface area (Å²) in [6, 6.07) is 16.8. The van der Waals surface area contributed by atoms with Crippen LogP contribution in [0.4, 0.5) is 5.95 Å². The summed E-state index contributed by atoms with van der Waals surface area (Å²) in [6.07, 6.45) is 3.51. The van der Waals surface area contributed by atoms with Gasteiger partial charge in [-0.15, -0.1) is 0 Å². The van der Waals surface area contributed by atoms with Gasteiger partial charge < -0.3 is 15.1 Å². The Balaban J connectivity index is 1.32. The summed E-state index contributed by atoms with van der Waals surface area (Å²) in [4.78, 5) is 25.4. The first-order chi connectivity index (χ1) is 13.7. The predicted molar refractivity (Wildman–Crippen MR) is 110 cm³/mol. The molecule has 0 unspecified atom stereocenters. The first kappa shape index (κ1) is 18.4. The molecule has 1 aliphatic rings. The first-order valence-corrected chi connectivity index (χ1v) is 9.83. The maximum absolute atomic E-state index is 12.7. The van der Waals surface area contributed by atoms with Gasteiger partial charge in [0.05, 0.1) is 0 Å². The number of benzene rings is 2. The minimum absolute atomic E-state index is 0.195. The van der Waals surface area contributed by atoms with E-state index in [9.17, 15) is 4.79 Å². The molecule has 1 saturated heterocycles. The lowest BCUT2D eigenvalue weighted by Crippen LogP contribution is -2.87. The third-order valence-corrected chi connectivity index (χ3v) is 5.43. The van der Waals surface area contributed by atoms with Crippen LogP contribution in [0.2, 0.25) is 0 Å². The molecule has 4 rings (SSSR count). The quantitative estimate of drug-likeness (QED) is 0.735. The van der Waals surface area contributed by atoms with Crippen LogP contribution in [0.5, 0.6) is 0 Å². The van der Waals surface area contributed by atoms with Crippen LogP contribution in [0.25, 0.3) is 10.8 Å². The van der Waals surface area contributed by atoms with E-state index < -0.39 is 0 Å². The molecule has 0 saturated carbocycles. The zero-order valence-electron chi connectivity index (χ0n) is 16.2. The lowest BCUT2D eigenvalue weighted by atomic mass is 10.00. The summed E-state index contributed by atoms with van der Waals surface area (Å²) in [5, 5.41) is 4.64. The van der Waals surface area contributed by atoms with E-state index in [0.717, 1.165) is 19.0 Å². The van der Waals surface area contributed by atoms with Crippen LogP contribution in [0.15, 0.2) is 60.9 Å². The van der Waals surface area contributed by atoms with E-state index in [-0.39, 0.29) is 11.9 Å². The molecule has 6 heteroatoms. The van der Waals surface area contributed by atoms with E-state index in [1.54, 1.807) is 12.4 Å². The number of amides is 1. The second kappa shape index (κ2) is 8.35. The van der Waals surface area contributed by atoms with Gasteiger partial charge in [0.25, 0.3) is 5.91 Å². The van der Waals surface area contributed by atoms with Gasteiger partial charge in [0.15, 0.2) is 6.54 Å². The highest BCUT2D eigenvalue weighted by Crippen LogP contribution is 2.22. The number of carbonyl (C=O) groups is 1. The van der Waals surface area contributed by atoms with E-state index in [1.165, 1.54) is 16.3 Å². The second-order valence-corrected chi connectivity index (χ2v) is 7.21. The Hall–Kier alpha value is -2.99. The number of aromatic nitrogens is 2. The second-order valence-electron chi connectivity index (χ2n) is 7.21. The maximum Gasteiger partial charge on any atom is 0.277 e. The van der Waals surface area contributed by atoms with Gasteiger partial charge in [0.2, 0.25) is 5.95 Å². The third kappa shape index (κ3) is 3.97. The topological polar surface area (TPSA) is 65.9 Å². The van der Waals surface area contributed by atoms with Crippen LogP contribution < -0.4 is 10.2 Å². The van der Waals surface area contributed by atoms with Gasteiger partial charge in [-0.25, -0.2) is 9.97 Å². The molecule has 1 aliphatic heterocycles. The van der Waals surface area contributed by atoms with Crippen molar-refractivity contribution in [3.8, 4) is 0 Å². The molecular formula is C22H26N5O+. The number of fused-ring (bicyclic) bond motifs is 1. The molecule has 144 valence electrons. The summed E-state index contributed by atoms with van der Waals surface area (Å²) in [6.45, 7) is 5.61. The average Bonchev–Trinajstić information content (AvgIpc) is 2.77. The number of nitrogens with zero attached hydrogens (tertiary/aromatic N) is 4. The van der Waals surface area contributed by atoms with Crippen LogP contribution >= 0.6 is 0 Å². The zero-order valence-corrected chi connectivity index (χ0v) is 16.2. The normalized spacial score (nSPS) is 15.6. The molecule has 2 N–H and O–H groups in total. The fourth-order valence-electron chi connectivity index (χ4n) is 3.79. The van der Waals surface area contributed by atoms with Crippen molar-refractivity contribution >= 4 is 22.6 Å². The standard InChI is InChI=1S/C22H25N5O/c1-17(19-9-4-7-18-6-2-3-8-20(18)19)25-16-21(28)26-12-14-27(15-13-26)22-23-10-5-11-24-22/h2-11,17,25H,12-16H2,1H3/p+1/t17-/m1/s1. The molecule has 0 radical (unpaired) electrons. The van der Waals surface area contributed by atoms with Gasteiger partial charge in [0, 0.05) is 44.1 Å². The smallest absolute Gasteiger partial charge is 0.277 e. The monoisotopic (exact) mass is 376 g/mol. The Kier molecular flexibility index (Phi) is 5.48. The van der Waals surface area contributed by atoms with Crippen molar-refractivity contribution in [1.29, 1.82) is 0 Å². The molecule has 28 heavy (non-hydrogen) atoms. The van der Waals surface area contributed by atoms with E-state index >= 15 is 0 Å². The van der Waals surface area contributed by atoms with Gasteiger partial charge in [-0.1, -0.05) is 42.5 Å². The predicted octanol–water partition coefficient (Wildman–Crippen LogP) is 1.60. The minimum atomic E-state index is 0.195. The number of carbonyl (C=O) groups excluding carboxylic acids is 1. The van der Waals surface area contributed by atoms with Crippen LogP contribution in [0.1, 0.15) is 18.5 Å². The molecule has 1 fully saturated rings. The van der Waals surface area contributed by atoms with E-state index in [2.05, 4.69) is 69.6 Å². The fourth-order valence-corrected chi connectivity index (χ4v) is 3.79. The van der Waals surface area contributed by atoms with Crippen LogP contribution in [-0.2, 0) is 4.79 Å². The number of rotatable bonds is 5. The van der Waals surface area contributed by atoms with Gasteiger partial charge in [-0.05, 0) is 23.8 Å². The first-order valence-electron chi connectivity index (χ1n) is 9.83. The molecule has 1 atom stereocenters. The molecule has 0 bridgehead atoms. The third-order valence-electron chi connectivity index (χ3n) is 5.43. The van der Waals surface area contributed by atoms with Crippen molar-refractivity contribution < 1.29 is 10.1 Å². The summed E-state index contributed by atoms with van der Waals surface area (Å²) < 4.78 is 0. The molecule has 3 aromatic rings. The van der Waals surface area contributed by atoms with Crippen molar-refractivity contribution in [3.63, 3.8) is 0 Å². The van der Waals surface area contributed by atoms with Crippen LogP contribution in [0, 0.1) is 0 Å². The lowest BCUT2D eigenvalue weighted by Gasteiger charge is -2.34. The Morgan fingerprint density at radius 3 is 2.50 bits per heavy atom. The molecular weight excluding hydrogens is 350 g/mol. The Morgan fingerprint density at radius 2 is 1.71 bits per heavy atom. The molecule has 2 aromatic carbocycles. The Labute approximate surface area is 165 Å². The van der Waals surface area contributed by atoms with Gasteiger partial charge in [-0.2, -0.15) is 0 Å². The Bertz CT molecular complexity index is 933. The average molecular weight is 376 g/mol. The number of piperazine rings is 1. The zero-order chi connectivity index (χ0) is 19.3. The van der Waals surface area contributed by atoms with Gasteiger partial charge in [-0.3, -0.25) is 4.79 Å². The lowest BCUT2D eigenvalue weighted by molar-refractivity contribution is -0.682. The van der Waals surface area contributed by atoms with E-state index in [0.29, 0.717) is 19.6 Å². The molecule has 0 spiro atoms. The largest absolute Gasteiger partial charge is 0.337 e. The number of nitrogens with two attached hydrogens (primary N) is 1. The number of hydrogen-bond acceptors (Lipinski definition) is 4. The molecule has 1 aromatic heterocycles. The van der Waals surface area contributed by atoms with E-state index in [1.807, 2.05) is 11.0 Å². The molecule has 0 aliphatic carbocycles. The highest BCUT2D eigenvalue weighted by atomic mass is 16.2. The van der Waals surface area contributed by atoms with Crippen molar-refractivity contribution in [2.75, 3.05) is 37.6 Å². The van der Waals surface area contributed by atoms with Gasteiger partial charge >= 0.3 is 0 Å². The van der Waals surface area contributed by atoms with E-state index in [4.69, 9.17) is 0 Å². The van der Waals surface area contributed by atoms with Gasteiger partial charge in [0.1, 0.15) is 6.04 Å². The van der Waals surface area contributed by atoms with Crippen molar-refractivity contribution in [2.24, 2.45) is 0 Å². The van der Waals surface area contributed by atoms with Crippen LogP contribution in [-0.4, -0.2) is 53.5 Å². The highest BCUT2D eigenvalue weighted by Gasteiger charge is 2.24. The highest BCUT2D eigenvalue weighted by molar-refractivity contribution is 5.86. The van der Waals surface area contributed by atoms with Crippen molar-refractivity contribution in [2.45, 2.75) is 13.0 Å².